The monoisotopic (exact) mass is 331 g/mol. The molecule has 1 saturated carbocycles. The molecule has 1 aliphatic carbocycles. The molecule has 1 aromatic carbocycles. The molecule has 2 fully saturated rings. The Labute approximate surface area is 144 Å². The minimum atomic E-state index is 0.240. The first-order valence-corrected chi connectivity index (χ1v) is 8.70. The topological polar surface area (TPSA) is 85.7 Å². The van der Waals surface area contributed by atoms with Crippen LogP contribution in [0.1, 0.15) is 36.6 Å². The molecule has 25 heavy (non-hydrogen) atoms. The number of aromatic nitrogens is 3. The first-order chi connectivity index (χ1) is 12.2. The number of nitriles is 1. The summed E-state index contributed by atoms with van der Waals surface area (Å²) in [7, 11) is 0. The number of carbonyl (C=O) groups excluding carboxylic acids is 1. The lowest BCUT2D eigenvalue weighted by Crippen LogP contribution is -2.29. The highest BCUT2D eigenvalue weighted by Crippen LogP contribution is 2.35. The van der Waals surface area contributed by atoms with Gasteiger partial charge in [-0.05, 0) is 37.5 Å². The third-order valence-corrected chi connectivity index (χ3v) is 5.28. The number of hydrogen-bond acceptors (Lipinski definition) is 4. The molecule has 2 aliphatic rings. The van der Waals surface area contributed by atoms with Crippen molar-refractivity contribution in [3.05, 3.63) is 35.8 Å². The maximum Gasteiger partial charge on any atom is 0.225 e. The number of aromatic amines is 1. The smallest absolute Gasteiger partial charge is 0.225 e. The number of H-pyrrole nitrogens is 1. The van der Waals surface area contributed by atoms with Crippen molar-refractivity contribution in [1.29, 1.82) is 5.26 Å². The quantitative estimate of drug-likeness (QED) is 0.782. The molecule has 6 nitrogen and oxygen atoms in total. The summed E-state index contributed by atoms with van der Waals surface area (Å²) in [5, 5.41) is 10.0. The van der Waals surface area contributed by atoms with E-state index in [0.717, 1.165) is 60.1 Å². The van der Waals surface area contributed by atoms with Gasteiger partial charge in [0.1, 0.15) is 5.82 Å². The Morgan fingerprint density at radius 3 is 3.00 bits per heavy atom. The van der Waals surface area contributed by atoms with Gasteiger partial charge in [0.25, 0.3) is 0 Å². The Kier molecular flexibility index (Phi) is 3.04. The number of pyridine rings is 1. The number of rotatable bonds is 2. The minimum absolute atomic E-state index is 0.240. The van der Waals surface area contributed by atoms with Crippen LogP contribution in [0.5, 0.6) is 0 Å². The van der Waals surface area contributed by atoms with Crippen LogP contribution in [0.25, 0.3) is 21.9 Å². The molecule has 6 heteroatoms. The van der Waals surface area contributed by atoms with E-state index >= 15 is 0 Å². The summed E-state index contributed by atoms with van der Waals surface area (Å²) in [6.07, 6.45) is 4.82. The number of imidazole rings is 1. The van der Waals surface area contributed by atoms with Crippen LogP contribution in [-0.4, -0.2) is 38.8 Å². The molecular weight excluding hydrogens is 314 g/mol. The van der Waals surface area contributed by atoms with E-state index < -0.39 is 0 Å². The molecule has 0 spiro atoms. The highest BCUT2D eigenvalue weighted by Gasteiger charge is 2.37. The molecule has 0 unspecified atom stereocenters. The molecule has 1 amide bonds. The van der Waals surface area contributed by atoms with Crippen LogP contribution in [0.4, 0.5) is 0 Å². The van der Waals surface area contributed by atoms with Crippen molar-refractivity contribution < 1.29 is 4.79 Å². The van der Waals surface area contributed by atoms with Crippen molar-refractivity contribution in [2.75, 3.05) is 13.1 Å². The summed E-state index contributed by atoms with van der Waals surface area (Å²) >= 11 is 0. The predicted molar refractivity (Wildman–Crippen MR) is 92.8 cm³/mol. The Balaban J connectivity index is 1.51. The standard InChI is InChI=1S/C19H17N5O/c20-8-11-1-4-15-14(7-11)17-16(9-21-15)22-18(23-17)13-5-6-24(10-13)19(25)12-2-3-12/h1,4,7,9,12-13H,2-3,5-6,10H2,(H,22,23)/t13-/m1/s1. The second-order valence-corrected chi connectivity index (χ2v) is 7.03. The predicted octanol–water partition coefficient (Wildman–Crippen LogP) is 2.71. The zero-order chi connectivity index (χ0) is 17.0. The third kappa shape index (κ3) is 2.35. The van der Waals surface area contributed by atoms with E-state index in [9.17, 15) is 4.79 Å². The van der Waals surface area contributed by atoms with E-state index in [4.69, 9.17) is 10.2 Å². The van der Waals surface area contributed by atoms with Crippen molar-refractivity contribution >= 4 is 27.8 Å². The second-order valence-electron chi connectivity index (χ2n) is 7.03. The summed E-state index contributed by atoms with van der Waals surface area (Å²) in [5.74, 6) is 1.73. The lowest BCUT2D eigenvalue weighted by atomic mass is 10.1. The van der Waals surface area contributed by atoms with Gasteiger partial charge in [-0.2, -0.15) is 5.26 Å². The normalized spacial score (nSPS) is 20.3. The molecule has 124 valence electrons. The van der Waals surface area contributed by atoms with Gasteiger partial charge in [-0.15, -0.1) is 0 Å². The number of likely N-dealkylation sites (tertiary alicyclic amines) is 1. The zero-order valence-corrected chi connectivity index (χ0v) is 13.7. The van der Waals surface area contributed by atoms with Gasteiger partial charge in [0.2, 0.25) is 5.91 Å². The zero-order valence-electron chi connectivity index (χ0n) is 13.7. The lowest BCUT2D eigenvalue weighted by molar-refractivity contribution is -0.131. The Morgan fingerprint density at radius 1 is 1.32 bits per heavy atom. The van der Waals surface area contributed by atoms with Crippen LogP contribution in [0.2, 0.25) is 0 Å². The molecule has 1 N–H and O–H groups in total. The molecule has 5 rings (SSSR count). The highest BCUT2D eigenvalue weighted by atomic mass is 16.2. The van der Waals surface area contributed by atoms with E-state index in [1.165, 1.54) is 0 Å². The van der Waals surface area contributed by atoms with E-state index in [1.54, 1.807) is 12.3 Å². The molecule has 1 aliphatic heterocycles. The molecule has 0 bridgehead atoms. The van der Waals surface area contributed by atoms with Gasteiger partial charge < -0.3 is 9.88 Å². The molecule has 0 radical (unpaired) electrons. The Hall–Kier alpha value is -2.94. The fourth-order valence-corrected chi connectivity index (χ4v) is 3.71. The van der Waals surface area contributed by atoms with Gasteiger partial charge in [-0.25, -0.2) is 4.98 Å². The Bertz CT molecular complexity index is 1040. The molecule has 1 saturated heterocycles. The summed E-state index contributed by atoms with van der Waals surface area (Å²) in [6.45, 7) is 1.55. The number of amides is 1. The van der Waals surface area contributed by atoms with E-state index in [-0.39, 0.29) is 11.8 Å². The largest absolute Gasteiger partial charge is 0.342 e. The van der Waals surface area contributed by atoms with Crippen molar-refractivity contribution in [2.45, 2.75) is 25.2 Å². The summed E-state index contributed by atoms with van der Waals surface area (Å²) in [4.78, 5) is 26.9. The maximum absolute atomic E-state index is 12.3. The van der Waals surface area contributed by atoms with Gasteiger partial charge in [0, 0.05) is 30.3 Å². The van der Waals surface area contributed by atoms with Gasteiger partial charge in [0.05, 0.1) is 34.4 Å². The summed E-state index contributed by atoms with van der Waals surface area (Å²) in [5.41, 5.74) is 3.17. The van der Waals surface area contributed by atoms with Crippen LogP contribution >= 0.6 is 0 Å². The average Bonchev–Trinajstić information content (AvgIpc) is 3.20. The van der Waals surface area contributed by atoms with Crippen LogP contribution in [0.3, 0.4) is 0 Å². The SMILES string of the molecule is N#Cc1ccc2ncc3[nH]c([C@@H]4CCN(C(=O)C5CC5)C4)nc3c2c1. The molecule has 3 aromatic rings. The first-order valence-electron chi connectivity index (χ1n) is 8.70. The number of carbonyl (C=O) groups is 1. The van der Waals surface area contributed by atoms with Crippen molar-refractivity contribution in [1.82, 2.24) is 19.9 Å². The van der Waals surface area contributed by atoms with E-state index in [0.29, 0.717) is 11.5 Å². The average molecular weight is 331 g/mol. The van der Waals surface area contributed by atoms with E-state index in [1.807, 2.05) is 17.0 Å². The minimum Gasteiger partial charge on any atom is -0.342 e. The highest BCUT2D eigenvalue weighted by molar-refractivity contribution is 6.02. The maximum atomic E-state index is 12.3. The molecule has 3 heterocycles. The Morgan fingerprint density at radius 2 is 2.20 bits per heavy atom. The van der Waals surface area contributed by atoms with Crippen LogP contribution < -0.4 is 0 Å². The van der Waals surface area contributed by atoms with Crippen molar-refractivity contribution in [3.63, 3.8) is 0 Å². The van der Waals surface area contributed by atoms with Crippen LogP contribution in [-0.2, 0) is 4.79 Å². The van der Waals surface area contributed by atoms with Crippen molar-refractivity contribution in [3.8, 4) is 6.07 Å². The second kappa shape index (κ2) is 5.28. The molecular formula is C19H17N5O. The fourth-order valence-electron chi connectivity index (χ4n) is 3.71. The van der Waals surface area contributed by atoms with Gasteiger partial charge >= 0.3 is 0 Å². The van der Waals surface area contributed by atoms with Crippen molar-refractivity contribution in [2.24, 2.45) is 5.92 Å². The fraction of sp³-hybridized carbons (Fsp3) is 0.368. The number of hydrogen-bond donors (Lipinski definition) is 1. The molecule has 1 atom stereocenters. The van der Waals surface area contributed by atoms with Gasteiger partial charge in [-0.1, -0.05) is 0 Å². The number of benzene rings is 1. The number of fused-ring (bicyclic) bond motifs is 3. The van der Waals surface area contributed by atoms with Gasteiger partial charge in [-0.3, -0.25) is 9.78 Å². The van der Waals surface area contributed by atoms with Gasteiger partial charge in [0.15, 0.2) is 0 Å². The van der Waals surface area contributed by atoms with E-state index in [2.05, 4.69) is 16.0 Å². The first kappa shape index (κ1) is 14.4. The summed E-state index contributed by atoms with van der Waals surface area (Å²) < 4.78 is 0. The summed E-state index contributed by atoms with van der Waals surface area (Å²) in [6, 6.07) is 7.64. The molecule has 2 aromatic heterocycles. The number of nitrogens with one attached hydrogen (secondary N) is 1. The van der Waals surface area contributed by atoms with Crippen LogP contribution in [0.15, 0.2) is 24.4 Å². The van der Waals surface area contributed by atoms with Crippen LogP contribution in [0, 0.1) is 17.2 Å². The number of nitrogens with zero attached hydrogens (tertiary/aromatic N) is 4. The lowest BCUT2D eigenvalue weighted by Gasteiger charge is -2.15. The third-order valence-electron chi connectivity index (χ3n) is 5.28.